The van der Waals surface area contributed by atoms with Gasteiger partial charge in [-0.1, -0.05) is 49.0 Å². The van der Waals surface area contributed by atoms with Gasteiger partial charge in [0.25, 0.3) is 0 Å². The third kappa shape index (κ3) is 3.68. The number of rotatable bonds is 7. The van der Waals surface area contributed by atoms with Crippen molar-refractivity contribution in [2.24, 2.45) is 0 Å². The second kappa shape index (κ2) is 7.35. The zero-order valence-electron chi connectivity index (χ0n) is 13.3. The van der Waals surface area contributed by atoms with Gasteiger partial charge in [0.15, 0.2) is 11.6 Å². The number of nitrogens with zero attached hydrogens (tertiary/aromatic N) is 3. The van der Waals surface area contributed by atoms with Crippen molar-refractivity contribution >= 4 is 17.5 Å². The highest BCUT2D eigenvalue weighted by molar-refractivity contribution is 7.99. The lowest BCUT2D eigenvalue weighted by atomic mass is 9.98. The molecule has 1 unspecified atom stereocenters. The number of benzene rings is 1. The second-order valence-electron chi connectivity index (χ2n) is 5.58. The number of aromatic amines is 1. The minimum Gasteiger partial charge on any atom is -0.359 e. The van der Waals surface area contributed by atoms with Crippen molar-refractivity contribution in [1.29, 1.82) is 0 Å². The van der Waals surface area contributed by atoms with Gasteiger partial charge in [0.05, 0.1) is 11.4 Å². The number of aromatic nitrogens is 4. The van der Waals surface area contributed by atoms with E-state index in [4.69, 9.17) is 5.84 Å². The van der Waals surface area contributed by atoms with Crippen LogP contribution in [0.2, 0.25) is 0 Å². The monoisotopic (exact) mass is 341 g/mol. The van der Waals surface area contributed by atoms with Crippen LogP contribution in [-0.2, 0) is 6.42 Å². The summed E-state index contributed by atoms with van der Waals surface area (Å²) in [4.78, 5) is 14.9. The summed E-state index contributed by atoms with van der Waals surface area (Å²) in [6, 6.07) is 13.8. The topological polar surface area (TPSA) is 89.6 Å². The molecular formula is C17H19N5OS. The lowest BCUT2D eigenvalue weighted by molar-refractivity contribution is 0.101. The normalized spacial score (nSPS) is 12.2. The van der Waals surface area contributed by atoms with Crippen molar-refractivity contribution in [3.05, 3.63) is 65.7 Å². The fraction of sp³-hybridized carbons (Fsp3) is 0.235. The quantitative estimate of drug-likeness (QED) is 0.392. The molecule has 3 aromatic rings. The fourth-order valence-electron chi connectivity index (χ4n) is 2.43. The van der Waals surface area contributed by atoms with E-state index < -0.39 is 0 Å². The molecule has 1 aromatic carbocycles. The molecule has 0 radical (unpaired) electrons. The van der Waals surface area contributed by atoms with Crippen LogP contribution in [0.1, 0.15) is 34.7 Å². The summed E-state index contributed by atoms with van der Waals surface area (Å²) in [6.45, 7) is 2.13. The lowest BCUT2D eigenvalue weighted by Gasteiger charge is -2.11. The lowest BCUT2D eigenvalue weighted by Crippen LogP contribution is -2.16. The van der Waals surface area contributed by atoms with Crippen molar-refractivity contribution in [3.63, 3.8) is 0 Å². The number of nitrogens with one attached hydrogen (secondary N) is 1. The Bertz CT molecular complexity index is 798. The van der Waals surface area contributed by atoms with Gasteiger partial charge in [-0.3, -0.25) is 4.79 Å². The Balaban J connectivity index is 1.62. The van der Waals surface area contributed by atoms with Crippen LogP contribution in [0.3, 0.4) is 0 Å². The van der Waals surface area contributed by atoms with Crippen molar-refractivity contribution in [3.8, 4) is 0 Å². The first-order valence-corrected chi connectivity index (χ1v) is 8.67. The molecule has 0 saturated carbocycles. The Kier molecular flexibility index (Phi) is 5.00. The van der Waals surface area contributed by atoms with E-state index in [0.717, 1.165) is 0 Å². The summed E-state index contributed by atoms with van der Waals surface area (Å²) in [5, 5.41) is 8.82. The number of hydrogen-bond acceptors (Lipinski definition) is 5. The van der Waals surface area contributed by atoms with Crippen LogP contribution in [0.5, 0.6) is 0 Å². The van der Waals surface area contributed by atoms with Crippen LogP contribution in [0.15, 0.2) is 53.8 Å². The molecule has 7 heteroatoms. The largest absolute Gasteiger partial charge is 0.359 e. The number of thioether (sulfide) groups is 1. The average Bonchev–Trinajstić information content (AvgIpc) is 3.25. The summed E-state index contributed by atoms with van der Waals surface area (Å²) in [5.74, 6) is 7.36. The predicted octanol–water partition coefficient (Wildman–Crippen LogP) is 2.64. The molecule has 1 atom stereocenters. The van der Waals surface area contributed by atoms with Gasteiger partial charge in [0.2, 0.25) is 5.16 Å². The van der Waals surface area contributed by atoms with Gasteiger partial charge in [-0.05, 0) is 23.6 Å². The predicted molar refractivity (Wildman–Crippen MR) is 94.6 cm³/mol. The van der Waals surface area contributed by atoms with E-state index in [1.807, 2.05) is 18.2 Å². The van der Waals surface area contributed by atoms with E-state index in [1.165, 1.54) is 22.0 Å². The van der Waals surface area contributed by atoms with Gasteiger partial charge in [-0.15, -0.1) is 10.2 Å². The molecule has 3 rings (SSSR count). The number of carbonyl (C=O) groups excluding carboxylic acids is 1. The van der Waals surface area contributed by atoms with Crippen molar-refractivity contribution < 1.29 is 4.79 Å². The van der Waals surface area contributed by atoms with Crippen LogP contribution >= 0.6 is 11.8 Å². The first kappa shape index (κ1) is 16.3. The molecule has 0 bridgehead atoms. The number of nitrogens with two attached hydrogens (primary N) is 1. The van der Waals surface area contributed by atoms with Crippen molar-refractivity contribution in [2.75, 3.05) is 11.6 Å². The summed E-state index contributed by atoms with van der Waals surface area (Å²) < 4.78 is 1.48. The standard InChI is InChI=1S/C17H19N5OS/c1-12(13-6-3-2-4-7-13)10-16-20-21-17(22(16)18)24-11-15(23)14-8-5-9-19-14/h2-9,12,19H,10-11,18H2,1H3. The van der Waals surface area contributed by atoms with Gasteiger partial charge in [-0.2, -0.15) is 0 Å². The Morgan fingerprint density at radius 2 is 2.04 bits per heavy atom. The van der Waals surface area contributed by atoms with Crippen molar-refractivity contribution in [1.82, 2.24) is 19.9 Å². The third-order valence-electron chi connectivity index (χ3n) is 3.82. The van der Waals surface area contributed by atoms with E-state index in [-0.39, 0.29) is 17.5 Å². The van der Waals surface area contributed by atoms with Gasteiger partial charge in [0, 0.05) is 12.6 Å². The van der Waals surface area contributed by atoms with E-state index in [2.05, 4.69) is 34.2 Å². The SMILES string of the molecule is CC(Cc1nnc(SCC(=O)c2ccc[nH]2)n1N)c1ccccc1. The smallest absolute Gasteiger partial charge is 0.210 e. The highest BCUT2D eigenvalue weighted by atomic mass is 32.2. The van der Waals surface area contributed by atoms with Crippen LogP contribution < -0.4 is 5.84 Å². The molecule has 0 aliphatic carbocycles. The van der Waals surface area contributed by atoms with Gasteiger partial charge >= 0.3 is 0 Å². The maximum Gasteiger partial charge on any atom is 0.210 e. The van der Waals surface area contributed by atoms with Crippen LogP contribution in [0.4, 0.5) is 0 Å². The fourth-order valence-corrected chi connectivity index (χ4v) is 3.19. The zero-order chi connectivity index (χ0) is 16.9. The van der Waals surface area contributed by atoms with E-state index in [0.29, 0.717) is 23.1 Å². The Morgan fingerprint density at radius 3 is 2.75 bits per heavy atom. The summed E-state index contributed by atoms with van der Waals surface area (Å²) in [6.07, 6.45) is 2.42. The maximum absolute atomic E-state index is 12.0. The van der Waals surface area contributed by atoms with Gasteiger partial charge in [-0.25, -0.2) is 4.68 Å². The molecule has 2 aromatic heterocycles. The van der Waals surface area contributed by atoms with E-state index >= 15 is 0 Å². The molecule has 24 heavy (non-hydrogen) atoms. The van der Waals surface area contributed by atoms with Gasteiger partial charge < -0.3 is 10.8 Å². The number of H-pyrrole nitrogens is 1. The molecule has 0 aliphatic rings. The minimum absolute atomic E-state index is 0.00667. The molecule has 0 aliphatic heterocycles. The van der Waals surface area contributed by atoms with Crippen LogP contribution in [0.25, 0.3) is 0 Å². The number of ketones is 1. The highest BCUT2D eigenvalue weighted by Gasteiger charge is 2.16. The summed E-state index contributed by atoms with van der Waals surface area (Å²) >= 11 is 1.29. The summed E-state index contributed by atoms with van der Waals surface area (Å²) in [7, 11) is 0. The average molecular weight is 341 g/mol. The van der Waals surface area contributed by atoms with Crippen LogP contribution in [0, 0.1) is 0 Å². The molecular weight excluding hydrogens is 322 g/mol. The number of Topliss-reactive ketones (excluding diaryl/α,β-unsaturated/α-hetero) is 1. The molecule has 0 amide bonds. The van der Waals surface area contributed by atoms with E-state index in [1.54, 1.807) is 18.3 Å². The van der Waals surface area contributed by atoms with Crippen molar-refractivity contribution in [2.45, 2.75) is 24.4 Å². The zero-order valence-corrected chi connectivity index (χ0v) is 14.2. The van der Waals surface area contributed by atoms with Gasteiger partial charge in [0.1, 0.15) is 0 Å². The molecule has 6 nitrogen and oxygen atoms in total. The molecule has 0 spiro atoms. The number of nitrogen functional groups attached to an aromatic ring is 1. The highest BCUT2D eigenvalue weighted by Crippen LogP contribution is 2.21. The first-order chi connectivity index (χ1) is 11.6. The first-order valence-electron chi connectivity index (χ1n) is 7.69. The molecule has 124 valence electrons. The summed E-state index contributed by atoms with van der Waals surface area (Å²) in [5.41, 5.74) is 1.82. The molecule has 0 fully saturated rings. The Morgan fingerprint density at radius 1 is 1.25 bits per heavy atom. The third-order valence-corrected chi connectivity index (χ3v) is 4.77. The molecule has 0 saturated heterocycles. The second-order valence-corrected chi connectivity index (χ2v) is 6.52. The maximum atomic E-state index is 12.0. The van der Waals surface area contributed by atoms with E-state index in [9.17, 15) is 4.79 Å². The minimum atomic E-state index is 0.00667. The number of carbonyl (C=O) groups is 1. The number of hydrogen-bond donors (Lipinski definition) is 2. The Hall–Kier alpha value is -2.54. The Labute approximate surface area is 144 Å². The molecule has 2 heterocycles. The van der Waals surface area contributed by atoms with Crippen LogP contribution in [-0.4, -0.2) is 31.4 Å². The molecule has 3 N–H and O–H groups in total.